The van der Waals surface area contributed by atoms with Crippen molar-refractivity contribution >= 4 is 17.3 Å². The molecule has 2 aromatic rings. The maximum Gasteiger partial charge on any atom is 0.352 e. The predicted molar refractivity (Wildman–Crippen MR) is 64.4 cm³/mol. The van der Waals surface area contributed by atoms with Gasteiger partial charge in [0, 0.05) is 11.4 Å². The Morgan fingerprint density at radius 2 is 2.06 bits per heavy atom. The molecule has 0 bridgehead atoms. The number of rotatable bonds is 2. The summed E-state index contributed by atoms with van der Waals surface area (Å²) < 4.78 is 0. The van der Waals surface area contributed by atoms with E-state index < -0.39 is 11.4 Å². The highest BCUT2D eigenvalue weighted by molar-refractivity contribution is 5.62. The van der Waals surface area contributed by atoms with Gasteiger partial charge in [-0.25, -0.2) is 9.59 Å². The normalized spacial score (nSPS) is 10.2. The summed E-state index contributed by atoms with van der Waals surface area (Å²) >= 11 is 0. The van der Waals surface area contributed by atoms with E-state index in [1.54, 1.807) is 12.1 Å². The second-order valence-electron chi connectivity index (χ2n) is 3.54. The van der Waals surface area contributed by atoms with Crippen molar-refractivity contribution in [1.82, 2.24) is 15.0 Å². The van der Waals surface area contributed by atoms with Gasteiger partial charge < -0.3 is 11.1 Å². The summed E-state index contributed by atoms with van der Waals surface area (Å²) in [5.41, 5.74) is 6.61. The molecule has 7 nitrogen and oxygen atoms in total. The van der Waals surface area contributed by atoms with Gasteiger partial charge in [0.25, 0.3) is 0 Å². The first-order valence-corrected chi connectivity index (χ1v) is 4.88. The molecule has 0 spiro atoms. The standard InChI is InChI=1S/C10H11N5O2/c1-5-2-3-6(4-7(5)11)12-8-13-9(16)15-10(17)14-8/h2-4H,11H2,1H3,(H3,12,13,14,15,16,17). The van der Waals surface area contributed by atoms with Crippen LogP contribution < -0.4 is 22.4 Å². The van der Waals surface area contributed by atoms with Crippen molar-refractivity contribution < 1.29 is 0 Å². The molecule has 0 atom stereocenters. The number of aryl methyl sites for hydroxylation is 1. The number of aromatic nitrogens is 3. The lowest BCUT2D eigenvalue weighted by molar-refractivity contribution is 0.942. The Balaban J connectivity index is 2.34. The molecule has 0 saturated carbocycles. The number of H-pyrrole nitrogens is 2. The Hall–Kier alpha value is -2.57. The third kappa shape index (κ3) is 2.51. The largest absolute Gasteiger partial charge is 0.398 e. The first kappa shape index (κ1) is 10.9. The monoisotopic (exact) mass is 233 g/mol. The predicted octanol–water partition coefficient (Wildman–Crippen LogP) is 0.0924. The SMILES string of the molecule is Cc1ccc(Nc2nc(=O)[nH]c(=O)[nH]2)cc1N. The van der Waals surface area contributed by atoms with Crippen LogP contribution in [0.25, 0.3) is 0 Å². The molecule has 1 aromatic heterocycles. The fourth-order valence-corrected chi connectivity index (χ4v) is 1.31. The molecule has 1 aromatic carbocycles. The zero-order valence-electron chi connectivity index (χ0n) is 9.07. The fraction of sp³-hybridized carbons (Fsp3) is 0.100. The van der Waals surface area contributed by atoms with E-state index in [2.05, 4.69) is 15.3 Å². The van der Waals surface area contributed by atoms with Crippen molar-refractivity contribution in [2.75, 3.05) is 11.1 Å². The van der Waals surface area contributed by atoms with E-state index in [0.717, 1.165) is 5.56 Å². The van der Waals surface area contributed by atoms with Crippen LogP contribution in [0.3, 0.4) is 0 Å². The van der Waals surface area contributed by atoms with Gasteiger partial charge >= 0.3 is 11.4 Å². The van der Waals surface area contributed by atoms with Crippen molar-refractivity contribution in [3.05, 3.63) is 44.7 Å². The van der Waals surface area contributed by atoms with Crippen LogP contribution in [0.15, 0.2) is 27.8 Å². The zero-order valence-corrected chi connectivity index (χ0v) is 9.07. The maximum absolute atomic E-state index is 11.0. The summed E-state index contributed by atoms with van der Waals surface area (Å²) in [6.45, 7) is 1.88. The molecule has 0 aliphatic heterocycles. The van der Waals surface area contributed by atoms with Gasteiger partial charge in [0.2, 0.25) is 5.95 Å². The third-order valence-electron chi connectivity index (χ3n) is 2.21. The summed E-state index contributed by atoms with van der Waals surface area (Å²) in [7, 11) is 0. The highest BCUT2D eigenvalue weighted by Gasteiger charge is 2.00. The molecule has 0 fully saturated rings. The number of nitrogens with one attached hydrogen (secondary N) is 3. The minimum absolute atomic E-state index is 0.0713. The van der Waals surface area contributed by atoms with E-state index >= 15 is 0 Å². The van der Waals surface area contributed by atoms with Crippen molar-refractivity contribution in [1.29, 1.82) is 0 Å². The molecule has 0 aliphatic carbocycles. The lowest BCUT2D eigenvalue weighted by Crippen LogP contribution is -2.25. The summed E-state index contributed by atoms with van der Waals surface area (Å²) in [4.78, 5) is 29.9. The number of benzene rings is 1. The molecule has 17 heavy (non-hydrogen) atoms. The Morgan fingerprint density at radius 1 is 1.29 bits per heavy atom. The molecule has 2 rings (SSSR count). The molecule has 7 heteroatoms. The van der Waals surface area contributed by atoms with Gasteiger partial charge in [0.1, 0.15) is 0 Å². The van der Waals surface area contributed by atoms with Crippen LogP contribution in [0.5, 0.6) is 0 Å². The first-order valence-electron chi connectivity index (χ1n) is 4.88. The Kier molecular flexibility index (Phi) is 2.65. The number of nitrogens with zero attached hydrogens (tertiary/aromatic N) is 1. The van der Waals surface area contributed by atoms with Crippen LogP contribution in [0.2, 0.25) is 0 Å². The molecule has 0 unspecified atom stereocenters. The fourth-order valence-electron chi connectivity index (χ4n) is 1.31. The number of aromatic amines is 2. The molecule has 0 aliphatic rings. The van der Waals surface area contributed by atoms with Crippen LogP contribution in [-0.4, -0.2) is 15.0 Å². The van der Waals surface area contributed by atoms with Crippen LogP contribution >= 0.6 is 0 Å². The van der Waals surface area contributed by atoms with Crippen molar-refractivity contribution in [2.24, 2.45) is 0 Å². The van der Waals surface area contributed by atoms with Gasteiger partial charge in [-0.1, -0.05) is 6.07 Å². The van der Waals surface area contributed by atoms with Gasteiger partial charge in [0.05, 0.1) is 0 Å². The average Bonchev–Trinajstić information content (AvgIpc) is 2.22. The quantitative estimate of drug-likeness (QED) is 0.548. The maximum atomic E-state index is 11.0. The summed E-state index contributed by atoms with van der Waals surface area (Å²) in [5.74, 6) is 0.0713. The van der Waals surface area contributed by atoms with E-state index in [4.69, 9.17) is 5.73 Å². The van der Waals surface area contributed by atoms with E-state index in [9.17, 15) is 9.59 Å². The first-order chi connectivity index (χ1) is 8.04. The smallest absolute Gasteiger partial charge is 0.352 e. The number of hydrogen-bond acceptors (Lipinski definition) is 5. The number of nitrogen functional groups attached to an aromatic ring is 1. The van der Waals surface area contributed by atoms with Crippen molar-refractivity contribution in [2.45, 2.75) is 6.92 Å². The van der Waals surface area contributed by atoms with E-state index in [-0.39, 0.29) is 5.95 Å². The molecule has 0 saturated heterocycles. The van der Waals surface area contributed by atoms with Crippen LogP contribution in [0.1, 0.15) is 5.56 Å². The van der Waals surface area contributed by atoms with Gasteiger partial charge in [-0.05, 0) is 24.6 Å². The Labute approximate surface area is 95.7 Å². The minimum atomic E-state index is -0.712. The second kappa shape index (κ2) is 4.12. The highest BCUT2D eigenvalue weighted by Crippen LogP contribution is 2.18. The Morgan fingerprint density at radius 3 is 2.71 bits per heavy atom. The highest BCUT2D eigenvalue weighted by atomic mass is 16.2. The summed E-state index contributed by atoms with van der Waals surface area (Å²) in [6, 6.07) is 5.28. The molecule has 88 valence electrons. The minimum Gasteiger partial charge on any atom is -0.398 e. The molecule has 5 N–H and O–H groups in total. The van der Waals surface area contributed by atoms with E-state index in [1.165, 1.54) is 0 Å². The molecular weight excluding hydrogens is 222 g/mol. The van der Waals surface area contributed by atoms with E-state index in [0.29, 0.717) is 11.4 Å². The van der Waals surface area contributed by atoms with Gasteiger partial charge in [-0.3, -0.25) is 9.97 Å². The number of nitrogens with two attached hydrogens (primary N) is 1. The van der Waals surface area contributed by atoms with Crippen LogP contribution in [-0.2, 0) is 0 Å². The van der Waals surface area contributed by atoms with Crippen molar-refractivity contribution in [3.8, 4) is 0 Å². The van der Waals surface area contributed by atoms with Gasteiger partial charge in [0.15, 0.2) is 0 Å². The third-order valence-corrected chi connectivity index (χ3v) is 2.21. The lowest BCUT2D eigenvalue weighted by atomic mass is 10.2. The second-order valence-corrected chi connectivity index (χ2v) is 3.54. The summed E-state index contributed by atoms with van der Waals surface area (Å²) in [5, 5.41) is 2.79. The molecule has 1 heterocycles. The Bertz CT molecular complexity index is 630. The van der Waals surface area contributed by atoms with Crippen LogP contribution in [0, 0.1) is 6.92 Å². The average molecular weight is 233 g/mol. The molecule has 0 amide bonds. The molecular formula is C10H11N5O2. The molecule has 0 radical (unpaired) electrons. The zero-order chi connectivity index (χ0) is 12.4. The lowest BCUT2D eigenvalue weighted by Gasteiger charge is -2.06. The van der Waals surface area contributed by atoms with Crippen molar-refractivity contribution in [3.63, 3.8) is 0 Å². The topological polar surface area (TPSA) is 117 Å². The van der Waals surface area contributed by atoms with E-state index in [1.807, 2.05) is 18.0 Å². The van der Waals surface area contributed by atoms with Gasteiger partial charge in [-0.2, -0.15) is 4.98 Å². The van der Waals surface area contributed by atoms with Crippen LogP contribution in [0.4, 0.5) is 17.3 Å². The number of anilines is 3. The summed E-state index contributed by atoms with van der Waals surface area (Å²) in [6.07, 6.45) is 0. The number of hydrogen-bond donors (Lipinski definition) is 4. The van der Waals surface area contributed by atoms with Gasteiger partial charge in [-0.15, -0.1) is 0 Å².